The number of hydrogen-bond donors (Lipinski definition) is 2. The molecule has 2 aliphatic rings. The van der Waals surface area contributed by atoms with Crippen molar-refractivity contribution in [2.24, 2.45) is 5.92 Å². The summed E-state index contributed by atoms with van der Waals surface area (Å²) in [5.74, 6) is 1.58. The number of ether oxygens (including phenoxy) is 2. The zero-order valence-corrected chi connectivity index (χ0v) is 15.7. The lowest BCUT2D eigenvalue weighted by atomic mass is 9.85. The van der Waals surface area contributed by atoms with Gasteiger partial charge in [0.1, 0.15) is 11.5 Å². The van der Waals surface area contributed by atoms with Gasteiger partial charge in [0, 0.05) is 57.1 Å². The molecule has 2 aliphatic heterocycles. The predicted molar refractivity (Wildman–Crippen MR) is 99.9 cm³/mol. The summed E-state index contributed by atoms with van der Waals surface area (Å²) >= 11 is 0. The predicted octanol–water partition coefficient (Wildman–Crippen LogP) is 2.62. The van der Waals surface area contributed by atoms with Crippen LogP contribution < -0.4 is 10.1 Å². The maximum absolute atomic E-state index is 10.5. The van der Waals surface area contributed by atoms with Crippen LogP contribution in [0.5, 0.6) is 11.5 Å². The van der Waals surface area contributed by atoms with Gasteiger partial charge < -0.3 is 19.9 Å². The van der Waals surface area contributed by atoms with E-state index in [0.717, 1.165) is 57.8 Å². The van der Waals surface area contributed by atoms with Crippen molar-refractivity contribution in [1.82, 2.24) is 10.2 Å². The van der Waals surface area contributed by atoms with E-state index in [4.69, 9.17) is 9.47 Å². The van der Waals surface area contributed by atoms with Gasteiger partial charge in [-0.2, -0.15) is 0 Å². The van der Waals surface area contributed by atoms with Crippen LogP contribution in [0.1, 0.15) is 24.4 Å². The molecule has 0 unspecified atom stereocenters. The van der Waals surface area contributed by atoms with E-state index < -0.39 is 0 Å². The highest BCUT2D eigenvalue weighted by molar-refractivity contribution is 5.85. The molecule has 0 spiro atoms. The van der Waals surface area contributed by atoms with Gasteiger partial charge in [-0.25, -0.2) is 0 Å². The number of phenolic OH excluding ortho intramolecular Hbond substituents is 1. The summed E-state index contributed by atoms with van der Waals surface area (Å²) in [5, 5.41) is 13.9. The van der Waals surface area contributed by atoms with Crippen LogP contribution in [0.25, 0.3) is 0 Å². The average molecular weight is 379 g/mol. The van der Waals surface area contributed by atoms with Crippen molar-refractivity contribution in [1.29, 1.82) is 0 Å². The van der Waals surface area contributed by atoms with E-state index in [-0.39, 0.29) is 30.9 Å². The van der Waals surface area contributed by atoms with Gasteiger partial charge in [0.2, 0.25) is 0 Å². The second-order valence-corrected chi connectivity index (χ2v) is 6.11. The monoisotopic (exact) mass is 378 g/mol. The summed E-state index contributed by atoms with van der Waals surface area (Å²) in [6.07, 6.45) is 2.11. The highest BCUT2D eigenvalue weighted by atomic mass is 35.5. The Kier molecular flexibility index (Phi) is 9.16. The standard InChI is InChI=1S/C17H26N2O3.2ClH/c1-21-14-2-3-15(16(20)12-14)17(13-4-10-22-11-5-13)19-8-6-18-7-9-19;;/h2-3,12-13,17-18,20H,4-11H2,1H3;2*1H/t17-;;/m0../s1. The third-order valence-electron chi connectivity index (χ3n) is 4.81. The van der Waals surface area contributed by atoms with Crippen molar-refractivity contribution in [3.8, 4) is 11.5 Å². The molecule has 0 aromatic heterocycles. The van der Waals surface area contributed by atoms with Crippen molar-refractivity contribution in [2.45, 2.75) is 18.9 Å². The van der Waals surface area contributed by atoms with Crippen LogP contribution in [0.2, 0.25) is 0 Å². The molecule has 24 heavy (non-hydrogen) atoms. The fraction of sp³-hybridized carbons (Fsp3) is 0.647. The second-order valence-electron chi connectivity index (χ2n) is 6.11. The van der Waals surface area contributed by atoms with Gasteiger partial charge in [-0.1, -0.05) is 6.07 Å². The minimum absolute atomic E-state index is 0. The van der Waals surface area contributed by atoms with Crippen molar-refractivity contribution in [3.63, 3.8) is 0 Å². The Morgan fingerprint density at radius 2 is 1.88 bits per heavy atom. The number of aromatic hydroxyl groups is 1. The molecule has 3 rings (SSSR count). The summed E-state index contributed by atoms with van der Waals surface area (Å²) < 4.78 is 10.7. The van der Waals surface area contributed by atoms with Crippen LogP contribution in [0.3, 0.4) is 0 Å². The van der Waals surface area contributed by atoms with Crippen LogP contribution >= 0.6 is 24.8 Å². The Hall–Kier alpha value is -0.720. The van der Waals surface area contributed by atoms with Crippen LogP contribution in [0, 0.1) is 5.92 Å². The summed E-state index contributed by atoms with van der Waals surface area (Å²) in [5.41, 5.74) is 1.02. The lowest BCUT2D eigenvalue weighted by molar-refractivity contribution is 0.0206. The molecule has 138 valence electrons. The number of benzene rings is 1. The first-order valence-electron chi connectivity index (χ1n) is 8.19. The van der Waals surface area contributed by atoms with Crippen LogP contribution in [0.15, 0.2) is 18.2 Å². The Balaban J connectivity index is 0.00000144. The largest absolute Gasteiger partial charge is 0.507 e. The lowest BCUT2D eigenvalue weighted by Gasteiger charge is -2.41. The highest BCUT2D eigenvalue weighted by Crippen LogP contribution is 2.40. The zero-order chi connectivity index (χ0) is 15.4. The molecule has 0 amide bonds. The Labute approximate surface area is 156 Å². The Morgan fingerprint density at radius 3 is 2.46 bits per heavy atom. The summed E-state index contributed by atoms with van der Waals surface area (Å²) in [6, 6.07) is 5.96. The molecule has 0 saturated carbocycles. The van der Waals surface area contributed by atoms with E-state index in [1.165, 1.54) is 0 Å². The molecule has 0 aliphatic carbocycles. The SMILES string of the molecule is COc1ccc([C@H](C2CCOCC2)N2CCNCC2)c(O)c1.Cl.Cl. The molecule has 2 N–H and O–H groups in total. The fourth-order valence-corrected chi connectivity index (χ4v) is 3.64. The van der Waals surface area contributed by atoms with E-state index in [1.807, 2.05) is 12.1 Å². The molecule has 2 heterocycles. The summed E-state index contributed by atoms with van der Waals surface area (Å²) in [4.78, 5) is 2.51. The molecule has 2 saturated heterocycles. The average Bonchev–Trinajstić information content (AvgIpc) is 2.58. The Morgan fingerprint density at radius 1 is 1.21 bits per heavy atom. The molecular weight excluding hydrogens is 351 g/mol. The number of piperazine rings is 1. The van der Waals surface area contributed by atoms with Gasteiger partial charge in [-0.05, 0) is 24.8 Å². The molecule has 2 fully saturated rings. The summed E-state index contributed by atoms with van der Waals surface area (Å²) in [7, 11) is 1.63. The van der Waals surface area contributed by atoms with E-state index in [2.05, 4.69) is 10.2 Å². The van der Waals surface area contributed by atoms with Gasteiger partial charge in [0.15, 0.2) is 0 Å². The molecule has 1 aromatic carbocycles. The van der Waals surface area contributed by atoms with E-state index >= 15 is 0 Å². The number of rotatable bonds is 4. The normalized spacial score (nSPS) is 20.5. The minimum atomic E-state index is 0. The number of nitrogens with one attached hydrogen (secondary N) is 1. The number of nitrogens with zero attached hydrogens (tertiary/aromatic N) is 1. The topological polar surface area (TPSA) is 54.0 Å². The van der Waals surface area contributed by atoms with Crippen molar-refractivity contribution in [2.75, 3.05) is 46.5 Å². The highest BCUT2D eigenvalue weighted by Gasteiger charge is 2.32. The van der Waals surface area contributed by atoms with Gasteiger partial charge in [-0.3, -0.25) is 4.90 Å². The van der Waals surface area contributed by atoms with Gasteiger partial charge >= 0.3 is 0 Å². The van der Waals surface area contributed by atoms with Crippen molar-refractivity contribution < 1.29 is 14.6 Å². The van der Waals surface area contributed by atoms with Crippen molar-refractivity contribution >= 4 is 24.8 Å². The first-order valence-corrected chi connectivity index (χ1v) is 8.19. The van der Waals surface area contributed by atoms with E-state index in [1.54, 1.807) is 13.2 Å². The fourth-order valence-electron chi connectivity index (χ4n) is 3.64. The zero-order valence-electron chi connectivity index (χ0n) is 14.1. The number of hydrogen-bond acceptors (Lipinski definition) is 5. The van der Waals surface area contributed by atoms with E-state index in [0.29, 0.717) is 17.4 Å². The van der Waals surface area contributed by atoms with Gasteiger partial charge in [0.25, 0.3) is 0 Å². The quantitative estimate of drug-likeness (QED) is 0.843. The summed E-state index contributed by atoms with van der Waals surface area (Å²) in [6.45, 7) is 5.71. The first kappa shape index (κ1) is 21.3. The maximum atomic E-state index is 10.5. The van der Waals surface area contributed by atoms with E-state index in [9.17, 15) is 5.11 Å². The molecule has 1 atom stereocenters. The molecule has 1 aromatic rings. The van der Waals surface area contributed by atoms with Crippen molar-refractivity contribution in [3.05, 3.63) is 23.8 Å². The van der Waals surface area contributed by atoms with Crippen LogP contribution in [-0.4, -0.2) is 56.5 Å². The number of methoxy groups -OCH3 is 1. The maximum Gasteiger partial charge on any atom is 0.124 e. The third kappa shape index (κ3) is 4.90. The molecule has 7 heteroatoms. The van der Waals surface area contributed by atoms with Crippen LogP contribution in [-0.2, 0) is 4.74 Å². The van der Waals surface area contributed by atoms with Gasteiger partial charge in [-0.15, -0.1) is 24.8 Å². The Bertz CT molecular complexity index is 475. The smallest absolute Gasteiger partial charge is 0.124 e. The first-order chi connectivity index (χ1) is 10.8. The number of phenols is 1. The molecule has 0 radical (unpaired) electrons. The van der Waals surface area contributed by atoms with Crippen LogP contribution in [0.4, 0.5) is 0 Å². The molecule has 5 nitrogen and oxygen atoms in total. The lowest BCUT2D eigenvalue weighted by Crippen LogP contribution is -2.47. The minimum Gasteiger partial charge on any atom is -0.507 e. The second kappa shape index (κ2) is 10.3. The molecular formula is C17H28Cl2N2O3. The number of halogens is 2. The molecule has 0 bridgehead atoms. The third-order valence-corrected chi connectivity index (χ3v) is 4.81. The van der Waals surface area contributed by atoms with Gasteiger partial charge in [0.05, 0.1) is 7.11 Å².